The summed E-state index contributed by atoms with van der Waals surface area (Å²) in [5.41, 5.74) is 0.797. The number of benzene rings is 1. The molecule has 0 aliphatic rings. The Morgan fingerprint density at radius 3 is 2.40 bits per heavy atom. The lowest BCUT2D eigenvalue weighted by Crippen LogP contribution is -2.41. The van der Waals surface area contributed by atoms with Crippen molar-refractivity contribution in [3.63, 3.8) is 0 Å². The van der Waals surface area contributed by atoms with Gasteiger partial charge in [-0.2, -0.15) is 0 Å². The number of aryl methyl sites for hydroxylation is 1. The van der Waals surface area contributed by atoms with Crippen LogP contribution in [0.15, 0.2) is 40.2 Å². The number of imidazole rings is 1. The minimum absolute atomic E-state index is 0.171. The molecule has 0 radical (unpaired) electrons. The summed E-state index contributed by atoms with van der Waals surface area (Å²) in [4.78, 5) is 30.2. The first-order valence-corrected chi connectivity index (χ1v) is 8.33. The number of hydrogen-bond donors (Lipinski definition) is 0. The Labute approximate surface area is 145 Å². The number of methoxy groups -OCH3 is 1. The molecule has 3 rings (SSSR count). The van der Waals surface area contributed by atoms with E-state index in [0.717, 1.165) is 0 Å². The molecule has 0 fully saturated rings. The van der Waals surface area contributed by atoms with Gasteiger partial charge in [-0.25, -0.2) is 14.3 Å². The van der Waals surface area contributed by atoms with Gasteiger partial charge in [0.15, 0.2) is 11.2 Å². The SMILES string of the molecule is CCn1cnc2c1c(=O)n(CC(C)C)c(=O)n2-c1ccc(OC)cc1. The van der Waals surface area contributed by atoms with Crippen molar-refractivity contribution in [1.82, 2.24) is 18.7 Å². The molecule has 25 heavy (non-hydrogen) atoms. The summed E-state index contributed by atoms with van der Waals surface area (Å²) < 4.78 is 9.74. The maximum Gasteiger partial charge on any atom is 0.337 e. The molecule has 132 valence electrons. The Bertz CT molecular complexity index is 1010. The molecule has 7 heteroatoms. The molecule has 7 nitrogen and oxygen atoms in total. The van der Waals surface area contributed by atoms with E-state index in [9.17, 15) is 9.59 Å². The van der Waals surface area contributed by atoms with Crippen LogP contribution in [0.1, 0.15) is 20.8 Å². The lowest BCUT2D eigenvalue weighted by Gasteiger charge is -2.14. The molecule has 0 saturated heterocycles. The summed E-state index contributed by atoms with van der Waals surface area (Å²) in [6.07, 6.45) is 1.60. The maximum atomic E-state index is 13.0. The minimum atomic E-state index is -0.377. The van der Waals surface area contributed by atoms with Crippen LogP contribution >= 0.6 is 0 Å². The van der Waals surface area contributed by atoms with E-state index in [4.69, 9.17) is 4.74 Å². The monoisotopic (exact) mass is 342 g/mol. The largest absolute Gasteiger partial charge is 0.497 e. The van der Waals surface area contributed by atoms with E-state index in [2.05, 4.69) is 4.98 Å². The Hall–Kier alpha value is -2.83. The van der Waals surface area contributed by atoms with Crippen LogP contribution in [-0.4, -0.2) is 25.8 Å². The summed E-state index contributed by atoms with van der Waals surface area (Å²) in [7, 11) is 1.59. The van der Waals surface area contributed by atoms with Gasteiger partial charge in [0.2, 0.25) is 0 Å². The van der Waals surface area contributed by atoms with Crippen LogP contribution in [-0.2, 0) is 13.1 Å². The van der Waals surface area contributed by atoms with E-state index in [-0.39, 0.29) is 17.2 Å². The topological polar surface area (TPSA) is 71.0 Å². The highest BCUT2D eigenvalue weighted by atomic mass is 16.5. The molecule has 0 spiro atoms. The van der Waals surface area contributed by atoms with Crippen LogP contribution < -0.4 is 16.0 Å². The second kappa shape index (κ2) is 6.58. The molecule has 0 aliphatic carbocycles. The molecule has 2 aromatic heterocycles. The highest BCUT2D eigenvalue weighted by molar-refractivity contribution is 5.72. The zero-order valence-corrected chi connectivity index (χ0v) is 14.9. The molecule has 0 unspecified atom stereocenters. The van der Waals surface area contributed by atoms with Crippen molar-refractivity contribution in [2.75, 3.05) is 7.11 Å². The van der Waals surface area contributed by atoms with Gasteiger partial charge < -0.3 is 9.30 Å². The summed E-state index contributed by atoms with van der Waals surface area (Å²) in [6.45, 7) is 6.86. The summed E-state index contributed by atoms with van der Waals surface area (Å²) in [5, 5.41) is 0. The lowest BCUT2D eigenvalue weighted by molar-refractivity contribution is 0.414. The van der Waals surface area contributed by atoms with Crippen molar-refractivity contribution in [2.45, 2.75) is 33.9 Å². The van der Waals surface area contributed by atoms with E-state index in [1.807, 2.05) is 20.8 Å². The average molecular weight is 342 g/mol. The van der Waals surface area contributed by atoms with Crippen LogP contribution in [0.5, 0.6) is 5.75 Å². The Kier molecular flexibility index (Phi) is 4.48. The van der Waals surface area contributed by atoms with Gasteiger partial charge in [-0.1, -0.05) is 13.8 Å². The van der Waals surface area contributed by atoms with E-state index in [1.165, 1.54) is 9.13 Å². The second-order valence-electron chi connectivity index (χ2n) is 6.33. The van der Waals surface area contributed by atoms with Gasteiger partial charge in [-0.15, -0.1) is 0 Å². The smallest absolute Gasteiger partial charge is 0.337 e. The Morgan fingerprint density at radius 1 is 1.16 bits per heavy atom. The molecule has 0 atom stereocenters. The molecule has 0 N–H and O–H groups in total. The maximum absolute atomic E-state index is 13.0. The number of ether oxygens (including phenoxy) is 1. The van der Waals surface area contributed by atoms with Crippen LogP contribution in [0.25, 0.3) is 16.9 Å². The van der Waals surface area contributed by atoms with E-state index in [0.29, 0.717) is 35.7 Å². The Balaban J connectivity index is 2.38. The van der Waals surface area contributed by atoms with Gasteiger partial charge in [0.1, 0.15) is 5.75 Å². The zero-order valence-electron chi connectivity index (χ0n) is 14.9. The number of rotatable bonds is 5. The predicted octanol–water partition coefficient (Wildman–Crippen LogP) is 2.03. The standard InChI is InChI=1S/C18H22N4O3/c1-5-20-11-19-16-15(20)17(23)21(10-12(2)3)18(24)22(16)13-6-8-14(25-4)9-7-13/h6-9,11-12H,5,10H2,1-4H3. The van der Waals surface area contributed by atoms with Gasteiger partial charge in [-0.3, -0.25) is 9.36 Å². The van der Waals surface area contributed by atoms with Gasteiger partial charge >= 0.3 is 5.69 Å². The average Bonchev–Trinajstić information content (AvgIpc) is 3.03. The van der Waals surface area contributed by atoms with Crippen LogP contribution in [0, 0.1) is 5.92 Å². The summed E-state index contributed by atoms with van der Waals surface area (Å²) >= 11 is 0. The lowest BCUT2D eigenvalue weighted by atomic mass is 10.2. The van der Waals surface area contributed by atoms with Crippen LogP contribution in [0.4, 0.5) is 0 Å². The highest BCUT2D eigenvalue weighted by Crippen LogP contribution is 2.17. The van der Waals surface area contributed by atoms with Crippen LogP contribution in [0.2, 0.25) is 0 Å². The molecule has 3 aromatic rings. The van der Waals surface area contributed by atoms with Gasteiger partial charge in [0, 0.05) is 13.1 Å². The van der Waals surface area contributed by atoms with E-state index in [1.54, 1.807) is 42.3 Å². The van der Waals surface area contributed by atoms with Crippen molar-refractivity contribution in [2.24, 2.45) is 5.92 Å². The Morgan fingerprint density at radius 2 is 1.84 bits per heavy atom. The fourth-order valence-electron chi connectivity index (χ4n) is 2.91. The molecular formula is C18H22N4O3. The third-order valence-corrected chi connectivity index (χ3v) is 4.12. The third-order valence-electron chi connectivity index (χ3n) is 4.12. The number of nitrogens with zero attached hydrogens (tertiary/aromatic N) is 4. The first-order chi connectivity index (χ1) is 12.0. The predicted molar refractivity (Wildman–Crippen MR) is 96.7 cm³/mol. The quantitative estimate of drug-likeness (QED) is 0.711. The highest BCUT2D eigenvalue weighted by Gasteiger charge is 2.19. The molecule has 0 amide bonds. The molecule has 0 aliphatic heterocycles. The summed E-state index contributed by atoms with van der Waals surface area (Å²) in [5.74, 6) is 0.868. The van der Waals surface area contributed by atoms with E-state index >= 15 is 0 Å². The summed E-state index contributed by atoms with van der Waals surface area (Å²) in [6, 6.07) is 7.13. The van der Waals surface area contributed by atoms with Gasteiger partial charge in [0.05, 0.1) is 19.1 Å². The van der Waals surface area contributed by atoms with Crippen molar-refractivity contribution in [3.05, 3.63) is 51.4 Å². The first-order valence-electron chi connectivity index (χ1n) is 8.33. The number of fused-ring (bicyclic) bond motifs is 1. The number of hydrogen-bond acceptors (Lipinski definition) is 4. The number of aromatic nitrogens is 4. The minimum Gasteiger partial charge on any atom is -0.497 e. The first kappa shape index (κ1) is 17.0. The van der Waals surface area contributed by atoms with Crippen molar-refractivity contribution in [3.8, 4) is 11.4 Å². The molecule has 0 saturated carbocycles. The molecule has 1 aromatic carbocycles. The van der Waals surface area contributed by atoms with E-state index < -0.39 is 0 Å². The molecule has 2 heterocycles. The van der Waals surface area contributed by atoms with Crippen molar-refractivity contribution >= 4 is 11.2 Å². The molecule has 0 bridgehead atoms. The fraction of sp³-hybridized carbons (Fsp3) is 0.389. The van der Waals surface area contributed by atoms with Crippen molar-refractivity contribution in [1.29, 1.82) is 0 Å². The van der Waals surface area contributed by atoms with Crippen LogP contribution in [0.3, 0.4) is 0 Å². The normalized spacial score (nSPS) is 11.4. The molecular weight excluding hydrogens is 320 g/mol. The second-order valence-corrected chi connectivity index (χ2v) is 6.33. The van der Waals surface area contributed by atoms with Crippen molar-refractivity contribution < 1.29 is 4.74 Å². The van der Waals surface area contributed by atoms with Gasteiger partial charge in [-0.05, 0) is 37.1 Å². The zero-order chi connectivity index (χ0) is 18.1. The van der Waals surface area contributed by atoms with Gasteiger partial charge in [0.25, 0.3) is 5.56 Å². The fourth-order valence-corrected chi connectivity index (χ4v) is 2.91. The third kappa shape index (κ3) is 2.86.